The van der Waals surface area contributed by atoms with Gasteiger partial charge in [0.15, 0.2) is 0 Å². The van der Waals surface area contributed by atoms with E-state index in [1.807, 2.05) is 23.8 Å². The lowest BCUT2D eigenvalue weighted by atomic mass is 10.2. The molecule has 2 aromatic rings. The molecule has 0 aliphatic rings. The number of nitrogen functional groups attached to an aromatic ring is 1. The summed E-state index contributed by atoms with van der Waals surface area (Å²) in [6.07, 6.45) is 0. The van der Waals surface area contributed by atoms with Gasteiger partial charge in [-0.05, 0) is 47.0 Å². The minimum atomic E-state index is -3.66. The fraction of sp³-hybridized carbons (Fsp3) is 0.286. The molecule has 0 fully saturated rings. The average molecular weight is 326 g/mol. The fourth-order valence-electron chi connectivity index (χ4n) is 1.93. The minimum Gasteiger partial charge on any atom is -0.495 e. The van der Waals surface area contributed by atoms with Gasteiger partial charge in [-0.1, -0.05) is 0 Å². The molecule has 1 aromatic carbocycles. The first-order chi connectivity index (χ1) is 9.86. The quantitative estimate of drug-likeness (QED) is 0.857. The summed E-state index contributed by atoms with van der Waals surface area (Å²) in [4.78, 5) is 0.0887. The number of sulfonamides is 1. The summed E-state index contributed by atoms with van der Waals surface area (Å²) >= 11 is 1.53. The van der Waals surface area contributed by atoms with Crippen molar-refractivity contribution >= 4 is 27.0 Å². The van der Waals surface area contributed by atoms with Crippen LogP contribution in [-0.4, -0.2) is 26.9 Å². The van der Waals surface area contributed by atoms with Gasteiger partial charge in [-0.3, -0.25) is 0 Å². The number of hydrogen-bond donors (Lipinski definition) is 1. The van der Waals surface area contributed by atoms with E-state index in [1.54, 1.807) is 13.1 Å². The smallest absolute Gasteiger partial charge is 0.246 e. The van der Waals surface area contributed by atoms with Crippen LogP contribution in [0, 0.1) is 6.92 Å². The van der Waals surface area contributed by atoms with Crippen LogP contribution < -0.4 is 10.5 Å². The van der Waals surface area contributed by atoms with Crippen molar-refractivity contribution in [2.45, 2.75) is 18.4 Å². The largest absolute Gasteiger partial charge is 0.495 e. The van der Waals surface area contributed by atoms with Crippen molar-refractivity contribution in [3.05, 3.63) is 40.1 Å². The monoisotopic (exact) mass is 326 g/mol. The van der Waals surface area contributed by atoms with Crippen molar-refractivity contribution in [2.24, 2.45) is 0 Å². The Bertz CT molecular complexity index is 725. The molecular formula is C14H18N2O3S2. The van der Waals surface area contributed by atoms with Gasteiger partial charge in [0.1, 0.15) is 10.6 Å². The Morgan fingerprint density at radius 3 is 2.67 bits per heavy atom. The van der Waals surface area contributed by atoms with E-state index >= 15 is 0 Å². The lowest BCUT2D eigenvalue weighted by molar-refractivity contribution is 0.397. The first-order valence-corrected chi connectivity index (χ1v) is 8.66. The van der Waals surface area contributed by atoms with Gasteiger partial charge in [-0.2, -0.15) is 15.6 Å². The van der Waals surface area contributed by atoms with Gasteiger partial charge in [-0.15, -0.1) is 0 Å². The minimum absolute atomic E-state index is 0.0887. The van der Waals surface area contributed by atoms with Gasteiger partial charge in [0.2, 0.25) is 10.0 Å². The predicted octanol–water partition coefficient (Wildman–Crippen LogP) is 2.47. The third-order valence-corrected chi connectivity index (χ3v) is 5.78. The Kier molecular flexibility index (Phi) is 4.55. The molecule has 5 nitrogen and oxygen atoms in total. The molecule has 0 saturated heterocycles. The number of hydrogen-bond acceptors (Lipinski definition) is 5. The lowest BCUT2D eigenvalue weighted by Gasteiger charge is -2.19. The van der Waals surface area contributed by atoms with Crippen LogP contribution >= 0.6 is 11.3 Å². The van der Waals surface area contributed by atoms with E-state index in [4.69, 9.17) is 10.5 Å². The first-order valence-electron chi connectivity index (χ1n) is 6.27. The zero-order valence-electron chi connectivity index (χ0n) is 12.2. The van der Waals surface area contributed by atoms with Crippen LogP contribution in [0.25, 0.3) is 0 Å². The normalized spacial score (nSPS) is 11.8. The molecule has 0 radical (unpaired) electrons. The van der Waals surface area contributed by atoms with Crippen LogP contribution in [0.4, 0.5) is 5.69 Å². The highest BCUT2D eigenvalue weighted by molar-refractivity contribution is 7.89. The van der Waals surface area contributed by atoms with E-state index in [0.717, 1.165) is 11.1 Å². The van der Waals surface area contributed by atoms with Gasteiger partial charge >= 0.3 is 0 Å². The van der Waals surface area contributed by atoms with Crippen LogP contribution in [0.15, 0.2) is 33.9 Å². The standard InChI is InChI=1S/C14H18N2O3S2/c1-10-6-13(19-3)14(7-12(10)15)21(17,18)16(2)8-11-4-5-20-9-11/h4-7,9H,8,15H2,1-3H3. The fourth-order valence-corrected chi connectivity index (χ4v) is 3.92. The van der Waals surface area contributed by atoms with E-state index in [-0.39, 0.29) is 4.90 Å². The summed E-state index contributed by atoms with van der Waals surface area (Å²) in [5.41, 5.74) is 8.00. The summed E-state index contributed by atoms with van der Waals surface area (Å²) in [5, 5.41) is 3.84. The molecule has 0 amide bonds. The Morgan fingerprint density at radius 2 is 2.10 bits per heavy atom. The summed E-state index contributed by atoms with van der Waals surface area (Å²) in [5.74, 6) is 0.305. The maximum Gasteiger partial charge on any atom is 0.246 e. The van der Waals surface area contributed by atoms with Crippen molar-refractivity contribution in [3.63, 3.8) is 0 Å². The molecule has 114 valence electrons. The van der Waals surface area contributed by atoms with Crippen molar-refractivity contribution in [1.29, 1.82) is 0 Å². The molecule has 2 rings (SSSR count). The summed E-state index contributed by atoms with van der Waals surface area (Å²) in [7, 11) is -0.673. The van der Waals surface area contributed by atoms with Crippen LogP contribution in [0.2, 0.25) is 0 Å². The van der Waals surface area contributed by atoms with Crippen LogP contribution in [-0.2, 0) is 16.6 Å². The second kappa shape index (κ2) is 6.05. The zero-order chi connectivity index (χ0) is 15.6. The average Bonchev–Trinajstić information content (AvgIpc) is 2.94. The Morgan fingerprint density at radius 1 is 1.38 bits per heavy atom. The molecule has 21 heavy (non-hydrogen) atoms. The maximum atomic E-state index is 12.7. The van der Waals surface area contributed by atoms with Crippen molar-refractivity contribution in [3.8, 4) is 5.75 Å². The van der Waals surface area contributed by atoms with Crippen LogP contribution in [0.3, 0.4) is 0 Å². The number of anilines is 1. The highest BCUT2D eigenvalue weighted by Crippen LogP contribution is 2.31. The van der Waals surface area contributed by atoms with Crippen LogP contribution in [0.5, 0.6) is 5.75 Å². The van der Waals surface area contributed by atoms with Crippen molar-refractivity contribution in [2.75, 3.05) is 19.9 Å². The second-order valence-corrected chi connectivity index (χ2v) is 7.55. The predicted molar refractivity (Wildman–Crippen MR) is 85.1 cm³/mol. The van der Waals surface area contributed by atoms with E-state index in [2.05, 4.69) is 0 Å². The second-order valence-electron chi connectivity index (χ2n) is 4.75. The number of thiophene rings is 1. The number of aryl methyl sites for hydroxylation is 1. The summed E-state index contributed by atoms with van der Waals surface area (Å²) < 4.78 is 31.9. The highest BCUT2D eigenvalue weighted by atomic mass is 32.2. The Balaban J connectivity index is 2.41. The number of methoxy groups -OCH3 is 1. The summed E-state index contributed by atoms with van der Waals surface area (Å²) in [6.45, 7) is 2.12. The molecule has 0 atom stereocenters. The number of ether oxygens (including phenoxy) is 1. The summed E-state index contributed by atoms with van der Waals surface area (Å²) in [6, 6.07) is 4.99. The first kappa shape index (κ1) is 15.8. The topological polar surface area (TPSA) is 72.6 Å². The molecule has 0 aliphatic carbocycles. The third kappa shape index (κ3) is 3.20. The van der Waals surface area contributed by atoms with E-state index < -0.39 is 10.0 Å². The number of nitrogens with two attached hydrogens (primary N) is 1. The van der Waals surface area contributed by atoms with Gasteiger partial charge in [0, 0.05) is 19.3 Å². The zero-order valence-corrected chi connectivity index (χ0v) is 13.8. The van der Waals surface area contributed by atoms with E-state index in [0.29, 0.717) is 18.0 Å². The van der Waals surface area contributed by atoms with Gasteiger partial charge in [0.25, 0.3) is 0 Å². The Hall–Kier alpha value is -1.57. The molecule has 0 unspecified atom stereocenters. The SMILES string of the molecule is COc1cc(C)c(N)cc1S(=O)(=O)N(C)Cc1ccsc1. The highest BCUT2D eigenvalue weighted by Gasteiger charge is 2.26. The van der Waals surface area contributed by atoms with Gasteiger partial charge in [-0.25, -0.2) is 8.42 Å². The number of rotatable bonds is 5. The number of nitrogens with zero attached hydrogens (tertiary/aromatic N) is 1. The molecule has 0 saturated carbocycles. The van der Waals surface area contributed by atoms with E-state index in [1.165, 1.54) is 28.8 Å². The molecule has 0 bridgehead atoms. The molecule has 0 aliphatic heterocycles. The third-order valence-electron chi connectivity index (χ3n) is 3.23. The molecule has 2 N–H and O–H groups in total. The molecular weight excluding hydrogens is 308 g/mol. The molecule has 7 heteroatoms. The van der Waals surface area contributed by atoms with Gasteiger partial charge in [0.05, 0.1) is 7.11 Å². The number of benzene rings is 1. The van der Waals surface area contributed by atoms with E-state index in [9.17, 15) is 8.42 Å². The maximum absolute atomic E-state index is 12.7. The Labute approximate surface area is 129 Å². The molecule has 0 spiro atoms. The molecule has 1 aromatic heterocycles. The van der Waals surface area contributed by atoms with Crippen LogP contribution in [0.1, 0.15) is 11.1 Å². The lowest BCUT2D eigenvalue weighted by Crippen LogP contribution is -2.27. The van der Waals surface area contributed by atoms with Crippen molar-refractivity contribution in [1.82, 2.24) is 4.31 Å². The van der Waals surface area contributed by atoms with Crippen molar-refractivity contribution < 1.29 is 13.2 Å². The van der Waals surface area contributed by atoms with Gasteiger partial charge < -0.3 is 10.5 Å². The molecule has 1 heterocycles.